The predicted molar refractivity (Wildman–Crippen MR) is 84.4 cm³/mol. The van der Waals surface area contributed by atoms with Crippen LogP contribution in [0.3, 0.4) is 0 Å². The van der Waals surface area contributed by atoms with Crippen molar-refractivity contribution in [1.29, 1.82) is 5.26 Å². The van der Waals surface area contributed by atoms with E-state index in [-0.39, 0.29) is 0 Å². The summed E-state index contributed by atoms with van der Waals surface area (Å²) in [6, 6.07) is 4.86. The summed E-state index contributed by atoms with van der Waals surface area (Å²) >= 11 is 1.73. The minimum absolute atomic E-state index is 0.474. The zero-order chi connectivity index (χ0) is 14.8. The molecular weight excluding hydrogens is 282 g/mol. The number of nitrogens with one attached hydrogen (secondary N) is 2. The van der Waals surface area contributed by atoms with E-state index < -0.39 is 0 Å². The average Bonchev–Trinajstić information content (AvgIpc) is 3.07. The van der Waals surface area contributed by atoms with Gasteiger partial charge >= 0.3 is 0 Å². The smallest absolute Gasteiger partial charge is 0.107 e. The number of rotatable bonds is 4. The highest BCUT2D eigenvalue weighted by atomic mass is 32.1. The van der Waals surface area contributed by atoms with Gasteiger partial charge in [0.05, 0.1) is 11.3 Å². The number of hydrogen-bond donors (Lipinski definition) is 2. The van der Waals surface area contributed by atoms with Crippen LogP contribution in [0.1, 0.15) is 28.1 Å². The second kappa shape index (κ2) is 5.88. The average molecular weight is 301 g/mol. The molecule has 2 aromatic rings. The van der Waals surface area contributed by atoms with E-state index in [1.54, 1.807) is 11.3 Å². The van der Waals surface area contributed by atoms with Gasteiger partial charge in [0.1, 0.15) is 11.1 Å². The number of fused-ring (bicyclic) bond motifs is 1. The maximum Gasteiger partial charge on any atom is 0.107 e. The normalized spacial score (nSPS) is 17.3. The fourth-order valence-electron chi connectivity index (χ4n) is 2.88. The largest absolute Gasteiger partial charge is 0.379 e. The third kappa shape index (κ3) is 2.67. The Hall–Kier alpha value is -1.84. The van der Waals surface area contributed by atoms with Gasteiger partial charge in [0.25, 0.3) is 0 Å². The van der Waals surface area contributed by atoms with E-state index in [1.165, 1.54) is 16.1 Å². The van der Waals surface area contributed by atoms with Crippen molar-refractivity contribution in [2.45, 2.75) is 31.8 Å². The number of nitrogens with zero attached hydrogens (tertiary/aromatic N) is 3. The quantitative estimate of drug-likeness (QED) is 0.907. The molecule has 1 aliphatic rings. The van der Waals surface area contributed by atoms with Crippen molar-refractivity contribution in [1.82, 2.24) is 15.1 Å². The Balaban J connectivity index is 1.69. The summed E-state index contributed by atoms with van der Waals surface area (Å²) in [7, 11) is 3.85. The van der Waals surface area contributed by atoms with Crippen molar-refractivity contribution in [3.8, 4) is 6.07 Å². The highest BCUT2D eigenvalue weighted by Gasteiger charge is 2.25. The van der Waals surface area contributed by atoms with E-state index in [1.807, 2.05) is 31.0 Å². The van der Waals surface area contributed by atoms with E-state index in [2.05, 4.69) is 21.8 Å². The first-order valence-electron chi connectivity index (χ1n) is 7.15. The Morgan fingerprint density at radius 2 is 2.43 bits per heavy atom. The maximum atomic E-state index is 9.31. The summed E-state index contributed by atoms with van der Waals surface area (Å²) in [5.74, 6) is 0. The number of hydrogen-bond acceptors (Lipinski definition) is 5. The molecule has 0 amide bonds. The first-order valence-corrected chi connectivity index (χ1v) is 7.97. The minimum Gasteiger partial charge on any atom is -0.379 e. The molecule has 6 heteroatoms. The number of anilines is 1. The van der Waals surface area contributed by atoms with Crippen LogP contribution in [0.15, 0.2) is 12.3 Å². The van der Waals surface area contributed by atoms with Crippen LogP contribution in [-0.4, -0.2) is 22.9 Å². The number of nitriles is 1. The molecule has 0 saturated carbocycles. The first-order chi connectivity index (χ1) is 10.2. The topological polar surface area (TPSA) is 65.7 Å². The van der Waals surface area contributed by atoms with Crippen molar-refractivity contribution in [3.63, 3.8) is 0 Å². The lowest BCUT2D eigenvalue weighted by atomic mass is 9.92. The molecule has 3 rings (SSSR count). The molecule has 2 N–H and O–H groups in total. The number of aryl methyl sites for hydroxylation is 1. The lowest BCUT2D eigenvalue weighted by molar-refractivity contribution is 0.452. The van der Waals surface area contributed by atoms with E-state index in [4.69, 9.17) is 0 Å². The van der Waals surface area contributed by atoms with Crippen molar-refractivity contribution in [2.24, 2.45) is 7.05 Å². The summed E-state index contributed by atoms with van der Waals surface area (Å²) in [6.45, 7) is 0.839. The second-order valence-electron chi connectivity index (χ2n) is 5.34. The molecule has 2 aromatic heterocycles. The highest BCUT2D eigenvalue weighted by molar-refractivity contribution is 7.16. The summed E-state index contributed by atoms with van der Waals surface area (Å²) in [5.41, 5.74) is 3.30. The monoisotopic (exact) mass is 301 g/mol. The molecule has 1 unspecified atom stereocenters. The summed E-state index contributed by atoms with van der Waals surface area (Å²) in [4.78, 5) is 1.35. The van der Waals surface area contributed by atoms with Crippen LogP contribution in [-0.2, 0) is 26.4 Å². The fourth-order valence-corrected chi connectivity index (χ4v) is 4.11. The molecule has 0 aromatic carbocycles. The summed E-state index contributed by atoms with van der Waals surface area (Å²) in [6.07, 6.45) is 4.90. The van der Waals surface area contributed by atoms with Gasteiger partial charge < -0.3 is 10.6 Å². The Kier molecular flexibility index (Phi) is 3.95. The molecule has 2 heterocycles. The fraction of sp³-hybridized carbons (Fsp3) is 0.467. The van der Waals surface area contributed by atoms with E-state index in [9.17, 15) is 5.26 Å². The van der Waals surface area contributed by atoms with Crippen LogP contribution in [0.5, 0.6) is 0 Å². The van der Waals surface area contributed by atoms with Crippen LogP contribution in [0.4, 0.5) is 5.00 Å². The van der Waals surface area contributed by atoms with Gasteiger partial charge in [0.15, 0.2) is 0 Å². The minimum atomic E-state index is 0.474. The number of aromatic nitrogens is 2. The lowest BCUT2D eigenvalue weighted by Gasteiger charge is -2.23. The van der Waals surface area contributed by atoms with Gasteiger partial charge in [-0.1, -0.05) is 0 Å². The molecular formula is C15H19N5S. The Bertz CT molecular complexity index is 679. The van der Waals surface area contributed by atoms with Crippen LogP contribution < -0.4 is 10.6 Å². The SMILES string of the molecule is CNc1sc2c(c1C#N)CCC(NCc1ccnn1C)C2. The molecule has 1 aliphatic carbocycles. The molecule has 0 saturated heterocycles. The molecule has 0 aliphatic heterocycles. The third-order valence-electron chi connectivity index (χ3n) is 4.10. The van der Waals surface area contributed by atoms with Gasteiger partial charge in [-0.05, 0) is 30.9 Å². The van der Waals surface area contributed by atoms with Crippen molar-refractivity contribution >= 4 is 16.3 Å². The molecule has 0 spiro atoms. The zero-order valence-electron chi connectivity index (χ0n) is 12.3. The highest BCUT2D eigenvalue weighted by Crippen LogP contribution is 2.37. The van der Waals surface area contributed by atoms with Gasteiger partial charge in [-0.15, -0.1) is 11.3 Å². The standard InChI is InChI=1S/C15H19N5S/c1-17-15-13(8-16)12-4-3-10(7-14(12)21-15)18-9-11-5-6-19-20(11)2/h5-6,10,17-18H,3-4,7,9H2,1-2H3. The van der Waals surface area contributed by atoms with E-state index >= 15 is 0 Å². The molecule has 5 nitrogen and oxygen atoms in total. The summed E-state index contributed by atoms with van der Waals surface area (Å²) in [5, 5.41) is 21.3. The van der Waals surface area contributed by atoms with Gasteiger partial charge in [-0.25, -0.2) is 0 Å². The zero-order valence-corrected chi connectivity index (χ0v) is 13.1. The van der Waals surface area contributed by atoms with E-state index in [0.29, 0.717) is 6.04 Å². The lowest BCUT2D eigenvalue weighted by Crippen LogP contribution is -2.34. The van der Waals surface area contributed by atoms with Crippen molar-refractivity contribution in [2.75, 3.05) is 12.4 Å². The van der Waals surface area contributed by atoms with Crippen LogP contribution in [0.25, 0.3) is 0 Å². The maximum absolute atomic E-state index is 9.31. The van der Waals surface area contributed by atoms with Gasteiger partial charge in [-0.2, -0.15) is 10.4 Å². The van der Waals surface area contributed by atoms with Gasteiger partial charge in [-0.3, -0.25) is 4.68 Å². The number of thiophene rings is 1. The van der Waals surface area contributed by atoms with Crippen LogP contribution >= 0.6 is 11.3 Å². The third-order valence-corrected chi connectivity index (χ3v) is 5.37. The Morgan fingerprint density at radius 3 is 3.10 bits per heavy atom. The van der Waals surface area contributed by atoms with E-state index in [0.717, 1.165) is 36.4 Å². The molecule has 110 valence electrons. The first kappa shape index (κ1) is 14.1. The van der Waals surface area contributed by atoms with Gasteiger partial charge in [0, 0.05) is 37.8 Å². The molecule has 0 radical (unpaired) electrons. The van der Waals surface area contributed by atoms with Crippen LogP contribution in [0.2, 0.25) is 0 Å². The summed E-state index contributed by atoms with van der Waals surface area (Å²) < 4.78 is 1.90. The predicted octanol–water partition coefficient (Wildman–Crippen LogP) is 2.04. The second-order valence-corrected chi connectivity index (χ2v) is 6.44. The molecule has 0 fully saturated rings. The van der Waals surface area contributed by atoms with Crippen molar-refractivity contribution in [3.05, 3.63) is 34.0 Å². The molecule has 1 atom stereocenters. The van der Waals surface area contributed by atoms with Crippen LogP contribution in [0, 0.1) is 11.3 Å². The molecule has 0 bridgehead atoms. The Labute approximate surface area is 128 Å². The molecule has 21 heavy (non-hydrogen) atoms. The van der Waals surface area contributed by atoms with Gasteiger partial charge in [0.2, 0.25) is 0 Å². The Morgan fingerprint density at radius 1 is 1.57 bits per heavy atom. The van der Waals surface area contributed by atoms with Crippen molar-refractivity contribution < 1.29 is 0 Å².